The van der Waals surface area contributed by atoms with E-state index < -0.39 is 0 Å². The monoisotopic (exact) mass is 494 g/mol. The maximum Gasteiger partial charge on any atom is 0.244 e. The summed E-state index contributed by atoms with van der Waals surface area (Å²) in [6, 6.07) is 7.78. The molecular weight excluding hydrogens is 455 g/mol. The van der Waals surface area contributed by atoms with Crippen LogP contribution in [-0.4, -0.2) is 22.3 Å². The summed E-state index contributed by atoms with van der Waals surface area (Å²) >= 11 is 0. The number of hydrogen-bond donors (Lipinski definition) is 2. The summed E-state index contributed by atoms with van der Waals surface area (Å²) in [6.45, 7) is 13.4. The molecule has 5 nitrogen and oxygen atoms in total. The second-order valence-electron chi connectivity index (χ2n) is 11.5. The van der Waals surface area contributed by atoms with Gasteiger partial charge in [-0.25, -0.2) is 4.39 Å². The highest BCUT2D eigenvalue weighted by Crippen LogP contribution is 2.56. The van der Waals surface area contributed by atoms with Gasteiger partial charge in [0.25, 0.3) is 0 Å². The van der Waals surface area contributed by atoms with E-state index in [-0.39, 0.29) is 29.8 Å². The van der Waals surface area contributed by atoms with Crippen LogP contribution in [0.1, 0.15) is 65.6 Å². The number of nitrogens with one attached hydrogen (secondary N) is 1. The van der Waals surface area contributed by atoms with Crippen LogP contribution >= 0.6 is 0 Å². The van der Waals surface area contributed by atoms with E-state index >= 15 is 0 Å². The van der Waals surface area contributed by atoms with Gasteiger partial charge in [0.1, 0.15) is 11.5 Å². The molecule has 36 heavy (non-hydrogen) atoms. The molecule has 1 heterocycles. The summed E-state index contributed by atoms with van der Waals surface area (Å²) < 4.78 is 18.4. The number of fused-ring (bicyclic) bond motifs is 1. The zero-order chi connectivity index (χ0) is 26.0. The summed E-state index contributed by atoms with van der Waals surface area (Å²) in [7, 11) is 0. The molecule has 2 saturated carbocycles. The van der Waals surface area contributed by atoms with Gasteiger partial charge in [-0.3, -0.25) is 4.79 Å². The first kappa shape index (κ1) is 26.3. The summed E-state index contributed by atoms with van der Waals surface area (Å²) in [5, 5.41) is 17.6. The molecule has 1 aromatic carbocycles. The Labute approximate surface area is 213 Å². The fourth-order valence-corrected chi connectivity index (χ4v) is 6.45. The second-order valence-corrected chi connectivity index (χ2v) is 11.5. The number of aliphatic hydroxyl groups excluding tert-OH is 1. The lowest BCUT2D eigenvalue weighted by molar-refractivity contribution is -0.116. The van der Waals surface area contributed by atoms with Gasteiger partial charge in [0.05, 0.1) is 12.6 Å². The number of rotatable bonds is 7. The van der Waals surface area contributed by atoms with Crippen LogP contribution in [0, 0.1) is 34.9 Å². The molecule has 0 saturated heterocycles. The lowest BCUT2D eigenvalue weighted by Crippen LogP contribution is -2.52. The minimum Gasteiger partial charge on any atom is -0.393 e. The molecule has 0 aliphatic heterocycles. The summed E-state index contributed by atoms with van der Waals surface area (Å²) in [5.41, 5.74) is 3.65. The van der Waals surface area contributed by atoms with E-state index in [1.807, 2.05) is 6.92 Å². The van der Waals surface area contributed by atoms with Crippen LogP contribution in [0.4, 0.5) is 4.39 Å². The molecular formula is C30H39FN2O3. The molecule has 0 bridgehead atoms. The Balaban J connectivity index is 1.32. The Morgan fingerprint density at radius 2 is 2.06 bits per heavy atom. The number of aliphatic hydroxyl groups is 1. The third kappa shape index (κ3) is 5.64. The predicted molar refractivity (Wildman–Crippen MR) is 139 cm³/mol. The number of carbonyl (C=O) groups is 1. The third-order valence-corrected chi connectivity index (χ3v) is 8.66. The average Bonchev–Trinajstić information content (AvgIpc) is 3.30. The van der Waals surface area contributed by atoms with Gasteiger partial charge in [-0.2, -0.15) is 0 Å². The number of halogens is 1. The van der Waals surface area contributed by atoms with Crippen molar-refractivity contribution < 1.29 is 18.8 Å². The Hall–Kier alpha value is -2.73. The lowest BCUT2D eigenvalue weighted by atomic mass is 9.50. The number of nitrogens with zero attached hydrogens (tertiary/aromatic N) is 1. The van der Waals surface area contributed by atoms with E-state index in [1.165, 1.54) is 17.7 Å². The molecule has 0 radical (unpaired) electrons. The maximum atomic E-state index is 13.1. The van der Waals surface area contributed by atoms with Crippen LogP contribution < -0.4 is 5.32 Å². The van der Waals surface area contributed by atoms with Crippen molar-refractivity contribution in [3.8, 4) is 11.3 Å². The number of hydrogen-bond acceptors (Lipinski definition) is 4. The molecule has 4 rings (SSSR count). The van der Waals surface area contributed by atoms with E-state index in [9.17, 15) is 14.3 Å². The Morgan fingerprint density at radius 3 is 2.78 bits per heavy atom. The van der Waals surface area contributed by atoms with E-state index in [2.05, 4.69) is 37.8 Å². The highest BCUT2D eigenvalue weighted by atomic mass is 19.1. The van der Waals surface area contributed by atoms with Crippen molar-refractivity contribution in [2.75, 3.05) is 0 Å². The van der Waals surface area contributed by atoms with Crippen LogP contribution in [0.25, 0.3) is 11.3 Å². The molecule has 5 atom stereocenters. The average molecular weight is 495 g/mol. The number of allylic oxidation sites excluding steroid dienone is 2. The van der Waals surface area contributed by atoms with Gasteiger partial charge in [-0.1, -0.05) is 43.7 Å². The predicted octanol–water partition coefficient (Wildman–Crippen LogP) is 6.45. The van der Waals surface area contributed by atoms with E-state index in [4.69, 9.17) is 4.52 Å². The first-order valence-corrected chi connectivity index (χ1v) is 13.1. The maximum absolute atomic E-state index is 13.1. The van der Waals surface area contributed by atoms with Gasteiger partial charge in [-0.15, -0.1) is 0 Å². The highest BCUT2D eigenvalue weighted by Gasteiger charge is 2.51. The van der Waals surface area contributed by atoms with Gasteiger partial charge in [0.2, 0.25) is 5.91 Å². The summed E-state index contributed by atoms with van der Waals surface area (Å²) in [6.07, 6.45) is 6.22. The number of carbonyl (C=O) groups excluding carboxylic acids is 1. The Bertz CT molecular complexity index is 1120. The van der Waals surface area contributed by atoms with Crippen molar-refractivity contribution in [3.63, 3.8) is 0 Å². The first-order chi connectivity index (χ1) is 17.1. The first-order valence-electron chi connectivity index (χ1n) is 13.1. The second kappa shape index (κ2) is 10.7. The van der Waals surface area contributed by atoms with Crippen molar-refractivity contribution in [2.45, 2.75) is 72.4 Å². The van der Waals surface area contributed by atoms with Crippen molar-refractivity contribution in [2.24, 2.45) is 29.1 Å². The highest BCUT2D eigenvalue weighted by molar-refractivity contribution is 5.88. The van der Waals surface area contributed by atoms with Crippen LogP contribution in [0.15, 0.2) is 58.7 Å². The molecule has 194 valence electrons. The van der Waals surface area contributed by atoms with Gasteiger partial charge < -0.3 is 14.9 Å². The number of aromatic nitrogens is 1. The summed E-state index contributed by atoms with van der Waals surface area (Å²) in [5.74, 6) is 2.00. The molecule has 2 aliphatic rings. The normalized spacial score (nSPS) is 28.0. The van der Waals surface area contributed by atoms with E-state index in [0.717, 1.165) is 43.2 Å². The van der Waals surface area contributed by atoms with Crippen molar-refractivity contribution in [1.82, 2.24) is 10.5 Å². The Kier molecular flexibility index (Phi) is 7.84. The fraction of sp³-hybridized carbons (Fsp3) is 0.533. The Morgan fingerprint density at radius 1 is 1.33 bits per heavy atom. The number of benzene rings is 1. The molecule has 6 heteroatoms. The minimum atomic E-state index is -0.305. The molecule has 1 aromatic heterocycles. The van der Waals surface area contributed by atoms with Gasteiger partial charge in [-0.05, 0) is 92.4 Å². The quantitative estimate of drug-likeness (QED) is 0.343. The van der Waals surface area contributed by atoms with Crippen LogP contribution in [-0.2, 0) is 11.3 Å². The van der Waals surface area contributed by atoms with Crippen LogP contribution in [0.5, 0.6) is 0 Å². The zero-order valence-corrected chi connectivity index (χ0v) is 21.9. The van der Waals surface area contributed by atoms with Crippen molar-refractivity contribution in [3.05, 3.63) is 65.7 Å². The molecule has 2 fully saturated rings. The van der Waals surface area contributed by atoms with E-state index in [1.54, 1.807) is 24.3 Å². The van der Waals surface area contributed by atoms with Gasteiger partial charge in [0, 0.05) is 17.7 Å². The SMILES string of the molecule is C=C1CCC2C(C(C)CC(O)C2(C)C)C1CCC(C)=CC(=O)NCc1cc(-c2ccc(F)cc2)no1. The topological polar surface area (TPSA) is 75.4 Å². The molecule has 0 spiro atoms. The molecule has 2 aliphatic carbocycles. The zero-order valence-electron chi connectivity index (χ0n) is 21.9. The third-order valence-electron chi connectivity index (χ3n) is 8.66. The standard InChI is InChI=1S/C30H39FN2O3/c1-18(6-12-24-19(2)7-13-25-29(24)20(3)15-27(34)30(25,4)5)14-28(35)32-17-23-16-26(33-36-23)21-8-10-22(31)11-9-21/h8-11,14,16,20,24-25,27,29,34H,2,6-7,12-13,15,17H2,1,3-5H3,(H,32,35). The van der Waals surface area contributed by atoms with Crippen molar-refractivity contribution in [1.29, 1.82) is 0 Å². The molecule has 2 aromatic rings. The van der Waals surface area contributed by atoms with E-state index in [0.29, 0.717) is 35.1 Å². The van der Waals surface area contributed by atoms with Crippen LogP contribution in [0.2, 0.25) is 0 Å². The largest absolute Gasteiger partial charge is 0.393 e. The number of amides is 1. The summed E-state index contributed by atoms with van der Waals surface area (Å²) in [4.78, 5) is 12.5. The van der Waals surface area contributed by atoms with Crippen LogP contribution in [0.3, 0.4) is 0 Å². The molecule has 1 amide bonds. The smallest absolute Gasteiger partial charge is 0.244 e. The van der Waals surface area contributed by atoms with Gasteiger partial charge >= 0.3 is 0 Å². The van der Waals surface area contributed by atoms with Gasteiger partial charge in [0.15, 0.2) is 5.76 Å². The minimum absolute atomic E-state index is 0.0713. The fourth-order valence-electron chi connectivity index (χ4n) is 6.45. The van der Waals surface area contributed by atoms with Crippen molar-refractivity contribution >= 4 is 5.91 Å². The molecule has 2 N–H and O–H groups in total. The lowest BCUT2D eigenvalue weighted by Gasteiger charge is -2.55. The molecule has 5 unspecified atom stereocenters.